The van der Waals surface area contributed by atoms with Gasteiger partial charge in [0.2, 0.25) is 0 Å². The van der Waals surface area contributed by atoms with Crippen LogP contribution in [0.1, 0.15) is 41.4 Å². The molecule has 1 amide bonds. The highest BCUT2D eigenvalue weighted by molar-refractivity contribution is 5.95. The van der Waals surface area contributed by atoms with Crippen LogP contribution < -0.4 is 5.32 Å². The summed E-state index contributed by atoms with van der Waals surface area (Å²) < 4.78 is 3.40. The Morgan fingerprint density at radius 3 is 2.62 bits per heavy atom. The molecule has 29 heavy (non-hydrogen) atoms. The molecule has 146 valence electrons. The Morgan fingerprint density at radius 2 is 1.90 bits per heavy atom. The lowest BCUT2D eigenvalue weighted by atomic mass is 10.1. The van der Waals surface area contributed by atoms with Crippen molar-refractivity contribution < 1.29 is 4.79 Å². The molecule has 4 heterocycles. The third-order valence-electron chi connectivity index (χ3n) is 4.47. The van der Waals surface area contributed by atoms with Crippen LogP contribution in [0, 0.1) is 0 Å². The maximum atomic E-state index is 12.9. The molecule has 0 atom stereocenters. The second kappa shape index (κ2) is 8.05. The summed E-state index contributed by atoms with van der Waals surface area (Å²) >= 11 is 0. The van der Waals surface area contributed by atoms with Gasteiger partial charge in [-0.1, -0.05) is 19.9 Å². The molecular formula is C21H21N7O. The van der Waals surface area contributed by atoms with Gasteiger partial charge in [-0.2, -0.15) is 10.2 Å². The summed E-state index contributed by atoms with van der Waals surface area (Å²) in [5.74, 6) is 1.32. The summed E-state index contributed by atoms with van der Waals surface area (Å²) in [6.45, 7) is 4.45. The number of pyridine rings is 2. The molecular weight excluding hydrogens is 366 g/mol. The number of carbonyl (C=O) groups excluding carboxylic acids is 1. The first-order valence-electron chi connectivity index (χ1n) is 9.36. The standard InChI is InChI=1S/C21H21N7O/c1-15(2)20-17(14-26-28(20)18-6-3-4-8-22-18)21(29)24-13-16-7-10-23-19(12-16)27-11-5-9-25-27/h3-12,14-15H,13H2,1-2H3,(H,24,29). The number of nitrogens with zero attached hydrogens (tertiary/aromatic N) is 6. The summed E-state index contributed by atoms with van der Waals surface area (Å²) in [4.78, 5) is 21.5. The van der Waals surface area contributed by atoms with Gasteiger partial charge in [-0.05, 0) is 41.8 Å². The van der Waals surface area contributed by atoms with Crippen molar-refractivity contribution in [2.75, 3.05) is 0 Å². The van der Waals surface area contributed by atoms with Crippen LogP contribution in [0.15, 0.2) is 67.4 Å². The van der Waals surface area contributed by atoms with Gasteiger partial charge in [0.15, 0.2) is 11.6 Å². The number of nitrogens with one attached hydrogen (secondary N) is 1. The predicted octanol–water partition coefficient (Wildman–Crippen LogP) is 2.90. The van der Waals surface area contributed by atoms with Gasteiger partial charge in [0.05, 0.1) is 17.5 Å². The van der Waals surface area contributed by atoms with Crippen LogP contribution in [0.2, 0.25) is 0 Å². The van der Waals surface area contributed by atoms with E-state index in [2.05, 4.69) is 25.5 Å². The van der Waals surface area contributed by atoms with Crippen molar-refractivity contribution in [2.45, 2.75) is 26.3 Å². The van der Waals surface area contributed by atoms with E-state index >= 15 is 0 Å². The van der Waals surface area contributed by atoms with Crippen LogP contribution in [-0.4, -0.2) is 35.4 Å². The lowest BCUT2D eigenvalue weighted by molar-refractivity contribution is 0.0949. The molecule has 0 aliphatic carbocycles. The van der Waals surface area contributed by atoms with Crippen molar-refractivity contribution in [3.63, 3.8) is 0 Å². The van der Waals surface area contributed by atoms with Gasteiger partial charge in [0, 0.05) is 31.3 Å². The van der Waals surface area contributed by atoms with E-state index in [0.717, 1.165) is 11.3 Å². The number of amides is 1. The molecule has 8 nitrogen and oxygen atoms in total. The van der Waals surface area contributed by atoms with Crippen LogP contribution >= 0.6 is 0 Å². The number of rotatable bonds is 6. The van der Waals surface area contributed by atoms with E-state index in [-0.39, 0.29) is 11.8 Å². The molecule has 0 fully saturated rings. The van der Waals surface area contributed by atoms with E-state index < -0.39 is 0 Å². The van der Waals surface area contributed by atoms with Crippen LogP contribution in [0.25, 0.3) is 11.6 Å². The quantitative estimate of drug-likeness (QED) is 0.549. The fraction of sp³-hybridized carbons (Fsp3) is 0.190. The van der Waals surface area contributed by atoms with Gasteiger partial charge >= 0.3 is 0 Å². The Labute approximate surface area is 168 Å². The lowest BCUT2D eigenvalue weighted by Gasteiger charge is -2.12. The van der Waals surface area contributed by atoms with Crippen molar-refractivity contribution in [2.24, 2.45) is 0 Å². The summed E-state index contributed by atoms with van der Waals surface area (Å²) in [5.41, 5.74) is 2.31. The second-order valence-corrected chi connectivity index (χ2v) is 6.85. The van der Waals surface area contributed by atoms with Gasteiger partial charge in [-0.25, -0.2) is 19.3 Å². The number of hydrogen-bond donors (Lipinski definition) is 1. The van der Waals surface area contributed by atoms with Crippen LogP contribution in [0.3, 0.4) is 0 Å². The Bertz CT molecular complexity index is 1100. The summed E-state index contributed by atoms with van der Waals surface area (Å²) in [6, 6.07) is 11.2. The van der Waals surface area contributed by atoms with E-state index in [1.165, 1.54) is 0 Å². The minimum absolute atomic E-state index is 0.104. The monoisotopic (exact) mass is 387 g/mol. The molecule has 0 aliphatic heterocycles. The first-order valence-corrected chi connectivity index (χ1v) is 9.36. The molecule has 4 rings (SSSR count). The zero-order valence-corrected chi connectivity index (χ0v) is 16.2. The molecule has 0 saturated carbocycles. The molecule has 4 aromatic heterocycles. The Hall–Kier alpha value is -3.81. The fourth-order valence-corrected chi connectivity index (χ4v) is 3.13. The molecule has 4 aromatic rings. The Morgan fingerprint density at radius 1 is 1.03 bits per heavy atom. The zero-order chi connectivity index (χ0) is 20.2. The van der Waals surface area contributed by atoms with Crippen molar-refractivity contribution in [3.8, 4) is 11.6 Å². The van der Waals surface area contributed by atoms with Gasteiger partial charge < -0.3 is 5.32 Å². The van der Waals surface area contributed by atoms with Crippen molar-refractivity contribution in [1.29, 1.82) is 0 Å². The largest absolute Gasteiger partial charge is 0.348 e. The van der Waals surface area contributed by atoms with Crippen LogP contribution in [-0.2, 0) is 6.54 Å². The first-order chi connectivity index (χ1) is 14.1. The smallest absolute Gasteiger partial charge is 0.255 e. The average Bonchev–Trinajstić information content (AvgIpc) is 3.43. The second-order valence-electron chi connectivity index (χ2n) is 6.85. The topological polar surface area (TPSA) is 90.5 Å². The van der Waals surface area contributed by atoms with E-state index in [1.54, 1.807) is 34.2 Å². The SMILES string of the molecule is CC(C)c1c(C(=O)NCc2ccnc(-n3cccn3)c2)cnn1-c1ccccn1. The van der Waals surface area contributed by atoms with E-state index in [1.807, 2.05) is 56.4 Å². The molecule has 0 aromatic carbocycles. The van der Waals surface area contributed by atoms with E-state index in [4.69, 9.17) is 0 Å². The maximum absolute atomic E-state index is 12.9. The normalized spacial score (nSPS) is 11.0. The minimum Gasteiger partial charge on any atom is -0.348 e. The lowest BCUT2D eigenvalue weighted by Crippen LogP contribution is -2.24. The van der Waals surface area contributed by atoms with E-state index in [9.17, 15) is 4.79 Å². The van der Waals surface area contributed by atoms with Gasteiger partial charge in [0.1, 0.15) is 0 Å². The molecule has 0 radical (unpaired) electrons. The molecule has 0 unspecified atom stereocenters. The molecule has 8 heteroatoms. The zero-order valence-electron chi connectivity index (χ0n) is 16.2. The fourth-order valence-electron chi connectivity index (χ4n) is 3.13. The highest BCUT2D eigenvalue weighted by Crippen LogP contribution is 2.22. The summed E-state index contributed by atoms with van der Waals surface area (Å²) in [6.07, 6.45) is 8.54. The third-order valence-corrected chi connectivity index (χ3v) is 4.47. The van der Waals surface area contributed by atoms with Crippen molar-refractivity contribution in [1.82, 2.24) is 34.8 Å². The highest BCUT2D eigenvalue weighted by Gasteiger charge is 2.21. The molecule has 1 N–H and O–H groups in total. The summed E-state index contributed by atoms with van der Waals surface area (Å²) in [7, 11) is 0. The Balaban J connectivity index is 1.54. The third kappa shape index (κ3) is 3.91. The van der Waals surface area contributed by atoms with Crippen molar-refractivity contribution in [3.05, 3.63) is 84.2 Å². The molecule has 0 aliphatic rings. The van der Waals surface area contributed by atoms with Gasteiger partial charge in [-0.3, -0.25) is 4.79 Å². The molecule has 0 spiro atoms. The predicted molar refractivity (Wildman–Crippen MR) is 108 cm³/mol. The van der Waals surface area contributed by atoms with Crippen LogP contribution in [0.4, 0.5) is 0 Å². The van der Waals surface area contributed by atoms with Gasteiger partial charge in [0.25, 0.3) is 5.91 Å². The molecule has 0 bridgehead atoms. The van der Waals surface area contributed by atoms with Crippen molar-refractivity contribution >= 4 is 5.91 Å². The summed E-state index contributed by atoms with van der Waals surface area (Å²) in [5, 5.41) is 11.6. The highest BCUT2D eigenvalue weighted by atomic mass is 16.1. The van der Waals surface area contributed by atoms with Gasteiger partial charge in [-0.15, -0.1) is 0 Å². The van der Waals surface area contributed by atoms with E-state index in [0.29, 0.717) is 23.7 Å². The molecule has 0 saturated heterocycles. The first kappa shape index (κ1) is 18.5. The number of carbonyl (C=O) groups is 1. The Kier molecular flexibility index (Phi) is 5.15. The number of hydrogen-bond acceptors (Lipinski definition) is 5. The van der Waals surface area contributed by atoms with Crippen LogP contribution in [0.5, 0.6) is 0 Å². The minimum atomic E-state index is -0.173. The average molecular weight is 387 g/mol. The number of aromatic nitrogens is 6. The maximum Gasteiger partial charge on any atom is 0.255 e.